The van der Waals surface area contributed by atoms with Crippen molar-refractivity contribution in [2.45, 2.75) is 103 Å². The van der Waals surface area contributed by atoms with Crippen molar-refractivity contribution in [2.24, 2.45) is 5.73 Å². The van der Waals surface area contributed by atoms with Crippen LogP contribution < -0.4 is 10.3 Å². The molecule has 1 aliphatic rings. The molecule has 3 atom stereocenters. The van der Waals surface area contributed by atoms with Crippen LogP contribution in [0.4, 0.5) is 0 Å². The molecule has 0 bridgehead atoms. The van der Waals surface area contributed by atoms with Crippen molar-refractivity contribution in [2.75, 3.05) is 0 Å². The molecule has 4 aromatic rings. The maximum absolute atomic E-state index is 7.26. The fourth-order valence-electron chi connectivity index (χ4n) is 7.39. The standard InChI is InChI=1S/C39H49N2/c1-9-36-34-21-20-33(31-18-16-30(17-19-31)29-14-12-28(13-15-29)26(4)5)24-35(34)37-25-32(27(6)7)22-23-41(37)39(36,11-3)38(8,40)10-2/h12-27,36H,9-11,40H2,1-8H3/q+1. The molecule has 0 fully saturated rings. The van der Waals surface area contributed by atoms with Gasteiger partial charge in [0.15, 0.2) is 11.7 Å². The van der Waals surface area contributed by atoms with E-state index >= 15 is 0 Å². The lowest BCUT2D eigenvalue weighted by Crippen LogP contribution is -2.75. The number of pyridine rings is 1. The zero-order chi connectivity index (χ0) is 29.5. The van der Waals surface area contributed by atoms with Gasteiger partial charge < -0.3 is 5.73 Å². The average molecular weight is 546 g/mol. The molecular weight excluding hydrogens is 496 g/mol. The molecular formula is C39H49N2+. The van der Waals surface area contributed by atoms with E-state index in [1.807, 2.05) is 0 Å². The van der Waals surface area contributed by atoms with Gasteiger partial charge in [0, 0.05) is 18.6 Å². The number of nitrogens with two attached hydrogens (primary N) is 1. The number of hydrogen-bond donors (Lipinski definition) is 1. The summed E-state index contributed by atoms with van der Waals surface area (Å²) < 4.78 is 2.56. The van der Waals surface area contributed by atoms with Crippen molar-refractivity contribution in [1.82, 2.24) is 0 Å². The Morgan fingerprint density at radius 3 is 1.78 bits per heavy atom. The van der Waals surface area contributed by atoms with Crippen molar-refractivity contribution in [3.05, 3.63) is 102 Å². The molecule has 2 heteroatoms. The van der Waals surface area contributed by atoms with E-state index in [4.69, 9.17) is 5.73 Å². The van der Waals surface area contributed by atoms with Crippen molar-refractivity contribution in [1.29, 1.82) is 0 Å². The lowest BCUT2D eigenvalue weighted by Gasteiger charge is -2.49. The van der Waals surface area contributed by atoms with E-state index in [1.165, 1.54) is 50.2 Å². The second kappa shape index (κ2) is 11.2. The molecule has 0 radical (unpaired) electrons. The van der Waals surface area contributed by atoms with E-state index in [0.29, 0.717) is 17.8 Å². The summed E-state index contributed by atoms with van der Waals surface area (Å²) >= 11 is 0. The molecule has 0 saturated heterocycles. The fraction of sp³-hybridized carbons (Fsp3) is 0.410. The first-order valence-electron chi connectivity index (χ1n) is 15.8. The predicted octanol–water partition coefficient (Wildman–Crippen LogP) is 9.96. The number of nitrogens with zero attached hydrogens (tertiary/aromatic N) is 1. The molecule has 0 saturated carbocycles. The molecule has 1 aliphatic heterocycles. The Balaban J connectivity index is 1.63. The third-order valence-corrected chi connectivity index (χ3v) is 10.2. The lowest BCUT2D eigenvalue weighted by molar-refractivity contribution is -0.771. The summed E-state index contributed by atoms with van der Waals surface area (Å²) in [5.74, 6) is 1.35. The van der Waals surface area contributed by atoms with Gasteiger partial charge in [-0.15, -0.1) is 0 Å². The molecule has 3 aromatic carbocycles. The largest absolute Gasteiger partial charge is 0.320 e. The number of rotatable bonds is 8. The number of benzene rings is 3. The fourth-order valence-corrected chi connectivity index (χ4v) is 7.39. The molecule has 0 spiro atoms. The number of hydrogen-bond acceptors (Lipinski definition) is 1. The van der Waals surface area contributed by atoms with E-state index in [1.54, 1.807) is 0 Å². The minimum atomic E-state index is -0.346. The zero-order valence-electron chi connectivity index (χ0n) is 26.5. The van der Waals surface area contributed by atoms with Crippen LogP contribution in [0.3, 0.4) is 0 Å². The Kier molecular flexibility index (Phi) is 8.01. The highest BCUT2D eigenvalue weighted by atomic mass is 15.1. The van der Waals surface area contributed by atoms with Gasteiger partial charge in [0.05, 0.1) is 17.0 Å². The van der Waals surface area contributed by atoms with Crippen LogP contribution >= 0.6 is 0 Å². The topological polar surface area (TPSA) is 29.9 Å². The highest BCUT2D eigenvalue weighted by molar-refractivity contribution is 5.76. The van der Waals surface area contributed by atoms with Gasteiger partial charge >= 0.3 is 0 Å². The summed E-state index contributed by atoms with van der Waals surface area (Å²) in [6.07, 6.45) is 5.31. The minimum absolute atomic E-state index is 0.192. The van der Waals surface area contributed by atoms with Crippen molar-refractivity contribution >= 4 is 0 Å². The molecule has 5 rings (SSSR count). The third-order valence-electron chi connectivity index (χ3n) is 10.2. The van der Waals surface area contributed by atoms with Crippen LogP contribution in [0, 0.1) is 0 Å². The van der Waals surface area contributed by atoms with Crippen LogP contribution in [-0.4, -0.2) is 5.54 Å². The molecule has 3 unspecified atom stereocenters. The van der Waals surface area contributed by atoms with Gasteiger partial charge in [0.1, 0.15) is 0 Å². The van der Waals surface area contributed by atoms with E-state index in [0.717, 1.165) is 19.3 Å². The average Bonchev–Trinajstić information content (AvgIpc) is 2.99. The predicted molar refractivity (Wildman–Crippen MR) is 175 cm³/mol. The Labute approximate surface area is 248 Å². The molecule has 41 heavy (non-hydrogen) atoms. The lowest BCUT2D eigenvalue weighted by atomic mass is 9.61. The maximum Gasteiger partial charge on any atom is 0.213 e. The Morgan fingerprint density at radius 1 is 0.732 bits per heavy atom. The van der Waals surface area contributed by atoms with E-state index < -0.39 is 0 Å². The summed E-state index contributed by atoms with van der Waals surface area (Å²) in [6.45, 7) is 18.2. The van der Waals surface area contributed by atoms with Gasteiger partial charge in [0.25, 0.3) is 0 Å². The van der Waals surface area contributed by atoms with Crippen LogP contribution in [0.15, 0.2) is 85.1 Å². The summed E-state index contributed by atoms with van der Waals surface area (Å²) in [5.41, 5.74) is 18.6. The van der Waals surface area contributed by atoms with Crippen LogP contribution in [0.5, 0.6) is 0 Å². The first-order valence-corrected chi connectivity index (χ1v) is 15.8. The minimum Gasteiger partial charge on any atom is -0.320 e. The molecule has 214 valence electrons. The number of fused-ring (bicyclic) bond motifs is 3. The Morgan fingerprint density at radius 2 is 1.27 bits per heavy atom. The van der Waals surface area contributed by atoms with Gasteiger partial charge in [-0.05, 0) is 76.6 Å². The quantitative estimate of drug-likeness (QED) is 0.219. The molecule has 1 aromatic heterocycles. The molecule has 2 heterocycles. The summed E-state index contributed by atoms with van der Waals surface area (Å²) in [4.78, 5) is 0. The van der Waals surface area contributed by atoms with Gasteiger partial charge in [-0.1, -0.05) is 109 Å². The van der Waals surface area contributed by atoms with Crippen molar-refractivity contribution in [3.63, 3.8) is 0 Å². The van der Waals surface area contributed by atoms with Gasteiger partial charge in [-0.3, -0.25) is 0 Å². The van der Waals surface area contributed by atoms with Crippen LogP contribution in [-0.2, 0) is 5.54 Å². The monoisotopic (exact) mass is 545 g/mol. The van der Waals surface area contributed by atoms with Crippen molar-refractivity contribution in [3.8, 4) is 33.5 Å². The van der Waals surface area contributed by atoms with Crippen molar-refractivity contribution < 1.29 is 4.57 Å². The molecule has 0 amide bonds. The SMILES string of the molecule is CCC1c2ccc(-c3ccc(-c4ccc(C(C)C)cc4)cc3)cc2-c2cc(C(C)C)cc[n+]2C1(CC)C(C)(N)CC. The summed E-state index contributed by atoms with van der Waals surface area (Å²) in [6, 6.07) is 30.0. The van der Waals surface area contributed by atoms with Gasteiger partial charge in [0.2, 0.25) is 5.69 Å². The van der Waals surface area contributed by atoms with Crippen LogP contribution in [0.2, 0.25) is 0 Å². The molecule has 2 N–H and O–H groups in total. The normalized spacial score (nSPS) is 19.6. The number of aromatic nitrogens is 1. The van der Waals surface area contributed by atoms with Crippen LogP contribution in [0.25, 0.3) is 33.5 Å². The van der Waals surface area contributed by atoms with Gasteiger partial charge in [-0.2, -0.15) is 4.57 Å². The Hall–Kier alpha value is -3.23. The highest BCUT2D eigenvalue weighted by Gasteiger charge is 2.60. The second-order valence-corrected chi connectivity index (χ2v) is 13.0. The van der Waals surface area contributed by atoms with Gasteiger partial charge in [-0.25, -0.2) is 0 Å². The molecule has 2 nitrogen and oxygen atoms in total. The van der Waals surface area contributed by atoms with Crippen LogP contribution in [0.1, 0.15) is 109 Å². The summed E-state index contributed by atoms with van der Waals surface area (Å²) in [5, 5.41) is 0. The molecule has 0 aliphatic carbocycles. The first kappa shape index (κ1) is 29.3. The second-order valence-electron chi connectivity index (χ2n) is 13.0. The third kappa shape index (κ3) is 4.85. The highest BCUT2D eigenvalue weighted by Crippen LogP contribution is 2.51. The summed E-state index contributed by atoms with van der Waals surface area (Å²) in [7, 11) is 0. The Bertz CT molecular complexity index is 1510. The maximum atomic E-state index is 7.26. The van der Waals surface area contributed by atoms with E-state index in [-0.39, 0.29) is 11.1 Å². The first-order chi connectivity index (χ1) is 19.6. The van der Waals surface area contributed by atoms with E-state index in [9.17, 15) is 0 Å². The van der Waals surface area contributed by atoms with E-state index in [2.05, 4.69) is 145 Å². The smallest absolute Gasteiger partial charge is 0.213 e. The zero-order valence-corrected chi connectivity index (χ0v) is 26.5.